The molecule has 200 valence electrons. The topological polar surface area (TPSA) is 155 Å². The second-order valence-electron chi connectivity index (χ2n) is 9.33. The highest BCUT2D eigenvalue weighted by molar-refractivity contribution is 5.69. The molecule has 2 heterocycles. The van der Waals surface area contributed by atoms with Crippen molar-refractivity contribution in [3.05, 3.63) is 0 Å². The van der Waals surface area contributed by atoms with Crippen LogP contribution in [-0.2, 0) is 23.7 Å². The SMILES string of the molecule is CCCCCCCCCCCC(=O)O[C@H]1[C@@H]([C@@H](CO)O[C@H](CO)[C@H]2OC[C@H](O)[C@H]2O)OC[C@@H]1O. The van der Waals surface area contributed by atoms with Gasteiger partial charge in [0, 0.05) is 6.42 Å². The van der Waals surface area contributed by atoms with Crippen LogP contribution in [0.4, 0.5) is 0 Å². The first kappa shape index (κ1) is 29.4. The lowest BCUT2D eigenvalue weighted by Crippen LogP contribution is -2.50. The molecule has 2 saturated heterocycles. The maximum atomic E-state index is 12.4. The van der Waals surface area contributed by atoms with Gasteiger partial charge in [-0.1, -0.05) is 58.3 Å². The second kappa shape index (κ2) is 16.0. The highest BCUT2D eigenvalue weighted by atomic mass is 16.6. The number of carbonyl (C=O) groups excluding carboxylic acids is 1. The molecule has 0 saturated carbocycles. The summed E-state index contributed by atoms with van der Waals surface area (Å²) >= 11 is 0. The van der Waals surface area contributed by atoms with Crippen LogP contribution >= 0.6 is 0 Å². The van der Waals surface area contributed by atoms with E-state index in [1.165, 1.54) is 32.1 Å². The van der Waals surface area contributed by atoms with Crippen LogP contribution in [0.1, 0.15) is 71.1 Å². The van der Waals surface area contributed by atoms with E-state index < -0.39 is 68.0 Å². The summed E-state index contributed by atoms with van der Waals surface area (Å²) in [6.07, 6.45) is 1.88. The van der Waals surface area contributed by atoms with Crippen LogP contribution in [0, 0.1) is 0 Å². The molecule has 2 aliphatic rings. The Balaban J connectivity index is 1.77. The standard InChI is InChI=1S/C24H44O10/c1-2-3-4-5-6-7-8-9-10-11-20(29)34-22-17(28)15-32-24(22)19(13-26)33-18(12-25)23-21(30)16(27)14-31-23/h16-19,21-28,30H,2-15H2,1H3/t16-,17-,18+,19+,21+,22+,23+,24+/m0/s1. The van der Waals surface area contributed by atoms with Crippen LogP contribution in [0.15, 0.2) is 0 Å². The van der Waals surface area contributed by atoms with Gasteiger partial charge in [-0.2, -0.15) is 0 Å². The van der Waals surface area contributed by atoms with Crippen molar-refractivity contribution in [2.45, 2.75) is 120 Å². The van der Waals surface area contributed by atoms with Gasteiger partial charge in [-0.05, 0) is 6.42 Å². The summed E-state index contributed by atoms with van der Waals surface area (Å²) in [6, 6.07) is 0. The van der Waals surface area contributed by atoms with E-state index in [1.807, 2.05) is 0 Å². The molecule has 0 spiro atoms. The van der Waals surface area contributed by atoms with E-state index in [2.05, 4.69) is 6.92 Å². The lowest BCUT2D eigenvalue weighted by atomic mass is 10.0. The Morgan fingerprint density at radius 1 is 0.824 bits per heavy atom. The van der Waals surface area contributed by atoms with Crippen LogP contribution in [0.25, 0.3) is 0 Å². The van der Waals surface area contributed by atoms with E-state index in [4.69, 9.17) is 18.9 Å². The van der Waals surface area contributed by atoms with Gasteiger partial charge in [0.1, 0.15) is 42.7 Å². The van der Waals surface area contributed by atoms with Crippen molar-refractivity contribution in [1.29, 1.82) is 0 Å². The zero-order valence-electron chi connectivity index (χ0n) is 20.3. The number of unbranched alkanes of at least 4 members (excludes halogenated alkanes) is 8. The van der Waals surface area contributed by atoms with Crippen LogP contribution in [-0.4, -0.2) is 107 Å². The number of esters is 1. The van der Waals surface area contributed by atoms with E-state index in [0.717, 1.165) is 19.3 Å². The zero-order chi connectivity index (χ0) is 24.9. The summed E-state index contributed by atoms with van der Waals surface area (Å²) in [7, 11) is 0. The monoisotopic (exact) mass is 492 g/mol. The fraction of sp³-hybridized carbons (Fsp3) is 0.958. The van der Waals surface area contributed by atoms with Crippen molar-refractivity contribution in [3.8, 4) is 0 Å². The molecule has 2 fully saturated rings. The molecule has 0 aliphatic carbocycles. The maximum Gasteiger partial charge on any atom is 0.306 e. The molecule has 0 bridgehead atoms. The van der Waals surface area contributed by atoms with Crippen LogP contribution in [0.3, 0.4) is 0 Å². The lowest BCUT2D eigenvalue weighted by Gasteiger charge is -2.32. The fourth-order valence-corrected chi connectivity index (χ4v) is 4.50. The number of hydrogen-bond donors (Lipinski definition) is 5. The van der Waals surface area contributed by atoms with Gasteiger partial charge in [-0.15, -0.1) is 0 Å². The second-order valence-corrected chi connectivity index (χ2v) is 9.33. The highest BCUT2D eigenvalue weighted by Crippen LogP contribution is 2.27. The van der Waals surface area contributed by atoms with Gasteiger partial charge in [0.2, 0.25) is 0 Å². The first-order chi connectivity index (χ1) is 16.4. The largest absolute Gasteiger partial charge is 0.457 e. The Labute approximate surface area is 202 Å². The molecule has 10 heteroatoms. The third-order valence-corrected chi connectivity index (χ3v) is 6.55. The molecule has 10 nitrogen and oxygen atoms in total. The van der Waals surface area contributed by atoms with E-state index >= 15 is 0 Å². The van der Waals surface area contributed by atoms with Gasteiger partial charge in [-0.25, -0.2) is 0 Å². The summed E-state index contributed by atoms with van der Waals surface area (Å²) in [5.74, 6) is -0.449. The molecule has 0 unspecified atom stereocenters. The summed E-state index contributed by atoms with van der Waals surface area (Å²) in [6.45, 7) is 0.928. The van der Waals surface area contributed by atoms with Crippen LogP contribution in [0.2, 0.25) is 0 Å². The maximum absolute atomic E-state index is 12.4. The molecule has 0 aromatic heterocycles. The Morgan fingerprint density at radius 3 is 1.91 bits per heavy atom. The molecular weight excluding hydrogens is 448 g/mol. The molecule has 0 aromatic rings. The molecule has 34 heavy (non-hydrogen) atoms. The van der Waals surface area contributed by atoms with Crippen molar-refractivity contribution in [2.75, 3.05) is 26.4 Å². The Bertz CT molecular complexity index is 562. The third-order valence-electron chi connectivity index (χ3n) is 6.55. The van der Waals surface area contributed by atoms with Crippen LogP contribution in [0.5, 0.6) is 0 Å². The fourth-order valence-electron chi connectivity index (χ4n) is 4.50. The quantitative estimate of drug-likeness (QED) is 0.143. The van der Waals surface area contributed by atoms with Crippen molar-refractivity contribution < 1.29 is 49.3 Å². The number of aliphatic hydroxyl groups is 5. The molecule has 0 radical (unpaired) electrons. The molecule has 8 atom stereocenters. The van der Waals surface area contributed by atoms with E-state index in [1.54, 1.807) is 0 Å². The number of rotatable bonds is 17. The van der Waals surface area contributed by atoms with Gasteiger partial charge in [-0.3, -0.25) is 4.79 Å². The average Bonchev–Trinajstić information content (AvgIpc) is 3.35. The molecule has 5 N–H and O–H groups in total. The van der Waals surface area contributed by atoms with Gasteiger partial charge in [0.15, 0.2) is 6.10 Å². The Hall–Kier alpha value is -0.850. The van der Waals surface area contributed by atoms with Crippen molar-refractivity contribution in [1.82, 2.24) is 0 Å². The van der Waals surface area contributed by atoms with Gasteiger partial charge < -0.3 is 44.5 Å². The summed E-state index contributed by atoms with van der Waals surface area (Å²) in [4.78, 5) is 12.4. The molecule has 2 aliphatic heterocycles. The minimum atomic E-state index is -1.25. The number of carbonyl (C=O) groups is 1. The first-order valence-electron chi connectivity index (χ1n) is 12.8. The minimum absolute atomic E-state index is 0.0917. The molecule has 0 aromatic carbocycles. The van der Waals surface area contributed by atoms with Gasteiger partial charge in [0.25, 0.3) is 0 Å². The Morgan fingerprint density at radius 2 is 1.35 bits per heavy atom. The predicted octanol–water partition coefficient (Wildman–Crippen LogP) is 0.438. The number of ether oxygens (including phenoxy) is 4. The minimum Gasteiger partial charge on any atom is -0.457 e. The van der Waals surface area contributed by atoms with Gasteiger partial charge in [0.05, 0.1) is 26.4 Å². The van der Waals surface area contributed by atoms with E-state index in [0.29, 0.717) is 6.42 Å². The summed E-state index contributed by atoms with van der Waals surface area (Å²) in [5, 5.41) is 49.6. The van der Waals surface area contributed by atoms with E-state index in [9.17, 15) is 30.3 Å². The average molecular weight is 493 g/mol. The summed E-state index contributed by atoms with van der Waals surface area (Å²) in [5.41, 5.74) is 0. The predicted molar refractivity (Wildman–Crippen MR) is 122 cm³/mol. The van der Waals surface area contributed by atoms with Gasteiger partial charge >= 0.3 is 5.97 Å². The van der Waals surface area contributed by atoms with E-state index in [-0.39, 0.29) is 19.6 Å². The normalized spacial score (nSPS) is 31.0. The Kier molecular flexibility index (Phi) is 13.8. The van der Waals surface area contributed by atoms with Crippen LogP contribution < -0.4 is 0 Å². The third kappa shape index (κ3) is 8.98. The van der Waals surface area contributed by atoms with Crippen molar-refractivity contribution in [2.24, 2.45) is 0 Å². The smallest absolute Gasteiger partial charge is 0.306 e. The molecule has 0 amide bonds. The highest BCUT2D eigenvalue weighted by Gasteiger charge is 2.47. The number of hydrogen-bond acceptors (Lipinski definition) is 10. The summed E-state index contributed by atoms with van der Waals surface area (Å²) < 4.78 is 22.1. The molecular formula is C24H44O10. The van der Waals surface area contributed by atoms with Crippen molar-refractivity contribution >= 4 is 5.97 Å². The first-order valence-corrected chi connectivity index (χ1v) is 12.8. The van der Waals surface area contributed by atoms with Crippen molar-refractivity contribution in [3.63, 3.8) is 0 Å². The lowest BCUT2D eigenvalue weighted by molar-refractivity contribution is -0.183. The zero-order valence-corrected chi connectivity index (χ0v) is 20.3. The number of aliphatic hydroxyl groups excluding tert-OH is 5. The molecule has 2 rings (SSSR count).